The predicted molar refractivity (Wildman–Crippen MR) is 75.9 cm³/mol. The molecule has 2 rings (SSSR count). The number of nitrogens with two attached hydrogens (primary N) is 1. The van der Waals surface area contributed by atoms with E-state index in [9.17, 15) is 4.39 Å². The van der Waals surface area contributed by atoms with Crippen molar-refractivity contribution in [1.82, 2.24) is 9.55 Å². The molecule has 18 heavy (non-hydrogen) atoms. The monoisotopic (exact) mass is 313 g/mol. The molecule has 0 bridgehead atoms. The summed E-state index contributed by atoms with van der Waals surface area (Å²) in [6.07, 6.45) is 4.68. The maximum absolute atomic E-state index is 13.4. The van der Waals surface area contributed by atoms with Crippen molar-refractivity contribution in [3.05, 3.63) is 22.4 Å². The third-order valence-electron chi connectivity index (χ3n) is 3.06. The quantitative estimate of drug-likeness (QED) is 0.844. The van der Waals surface area contributed by atoms with Crippen LogP contribution in [0.2, 0.25) is 0 Å². The predicted octanol–water partition coefficient (Wildman–Crippen LogP) is 4.10. The lowest BCUT2D eigenvalue weighted by atomic mass is 10.2. The van der Waals surface area contributed by atoms with Crippen molar-refractivity contribution >= 4 is 32.9 Å². The van der Waals surface area contributed by atoms with Crippen LogP contribution in [-0.4, -0.2) is 9.55 Å². The zero-order valence-corrected chi connectivity index (χ0v) is 12.0. The summed E-state index contributed by atoms with van der Waals surface area (Å²) in [4.78, 5) is 4.19. The van der Waals surface area contributed by atoms with Crippen molar-refractivity contribution in [2.45, 2.75) is 39.2 Å². The van der Waals surface area contributed by atoms with Gasteiger partial charge < -0.3 is 10.3 Å². The second kappa shape index (κ2) is 5.69. The molecular formula is C13H17BrFN3. The van der Waals surface area contributed by atoms with E-state index in [4.69, 9.17) is 5.73 Å². The van der Waals surface area contributed by atoms with Gasteiger partial charge in [0, 0.05) is 12.6 Å². The van der Waals surface area contributed by atoms with Gasteiger partial charge in [-0.05, 0) is 28.4 Å². The summed E-state index contributed by atoms with van der Waals surface area (Å²) >= 11 is 3.20. The van der Waals surface area contributed by atoms with Gasteiger partial charge in [0.15, 0.2) is 0 Å². The molecular weight excluding hydrogens is 297 g/mol. The van der Waals surface area contributed by atoms with E-state index in [0.717, 1.165) is 18.5 Å². The fraction of sp³-hybridized carbons (Fsp3) is 0.462. The van der Waals surface area contributed by atoms with E-state index in [0.29, 0.717) is 15.9 Å². The molecule has 2 N–H and O–H groups in total. The number of benzene rings is 1. The van der Waals surface area contributed by atoms with Gasteiger partial charge in [-0.1, -0.05) is 26.2 Å². The largest absolute Gasteiger partial charge is 0.369 e. The molecule has 0 amide bonds. The molecule has 98 valence electrons. The molecule has 0 aliphatic heterocycles. The van der Waals surface area contributed by atoms with Crippen LogP contribution in [0.3, 0.4) is 0 Å². The van der Waals surface area contributed by atoms with Gasteiger partial charge in [-0.15, -0.1) is 0 Å². The van der Waals surface area contributed by atoms with Crippen molar-refractivity contribution in [3.8, 4) is 0 Å². The molecule has 1 aromatic carbocycles. The molecule has 0 unspecified atom stereocenters. The van der Waals surface area contributed by atoms with Crippen LogP contribution in [0, 0.1) is 5.82 Å². The first-order valence-corrected chi connectivity index (χ1v) is 7.03. The number of nitrogen functional groups attached to an aromatic ring is 1. The Morgan fingerprint density at radius 2 is 2.11 bits per heavy atom. The fourth-order valence-electron chi connectivity index (χ4n) is 2.07. The van der Waals surface area contributed by atoms with Crippen molar-refractivity contribution in [1.29, 1.82) is 0 Å². The first-order valence-electron chi connectivity index (χ1n) is 6.24. The van der Waals surface area contributed by atoms with Gasteiger partial charge in [-0.25, -0.2) is 9.37 Å². The summed E-state index contributed by atoms with van der Waals surface area (Å²) in [5.74, 6) is 0.150. The highest BCUT2D eigenvalue weighted by Gasteiger charge is 2.11. The van der Waals surface area contributed by atoms with Crippen molar-refractivity contribution in [2.75, 3.05) is 5.73 Å². The summed E-state index contributed by atoms with van der Waals surface area (Å²) in [5.41, 5.74) is 7.38. The van der Waals surface area contributed by atoms with Crippen molar-refractivity contribution in [2.24, 2.45) is 0 Å². The molecule has 1 heterocycles. The maximum atomic E-state index is 13.4. The molecule has 0 atom stereocenters. The van der Waals surface area contributed by atoms with Crippen LogP contribution < -0.4 is 5.73 Å². The molecule has 1 aromatic heterocycles. The van der Waals surface area contributed by atoms with Crippen LogP contribution in [0.4, 0.5) is 10.3 Å². The molecule has 0 spiro atoms. The molecule has 2 aromatic rings. The number of rotatable bonds is 5. The average molecular weight is 314 g/mol. The first-order chi connectivity index (χ1) is 8.63. The lowest BCUT2D eigenvalue weighted by Crippen LogP contribution is -2.03. The highest BCUT2D eigenvalue weighted by Crippen LogP contribution is 2.25. The minimum atomic E-state index is -0.307. The molecule has 5 heteroatoms. The van der Waals surface area contributed by atoms with E-state index in [1.54, 1.807) is 6.07 Å². The highest BCUT2D eigenvalue weighted by molar-refractivity contribution is 9.10. The van der Waals surface area contributed by atoms with Gasteiger partial charge in [0.05, 0.1) is 15.5 Å². The number of aromatic nitrogens is 2. The molecule has 3 nitrogen and oxygen atoms in total. The van der Waals surface area contributed by atoms with E-state index in [1.807, 2.05) is 4.57 Å². The Balaban J connectivity index is 2.26. The molecule has 0 saturated heterocycles. The average Bonchev–Trinajstić information content (AvgIpc) is 2.62. The number of aryl methyl sites for hydroxylation is 1. The smallest absolute Gasteiger partial charge is 0.201 e. The van der Waals surface area contributed by atoms with Crippen molar-refractivity contribution in [3.63, 3.8) is 0 Å². The summed E-state index contributed by atoms with van der Waals surface area (Å²) in [7, 11) is 0. The third-order valence-corrected chi connectivity index (χ3v) is 3.66. The minimum Gasteiger partial charge on any atom is -0.369 e. The second-order valence-electron chi connectivity index (χ2n) is 4.44. The molecule has 0 aliphatic rings. The standard InChI is InChI=1S/C13H17BrFN3/c1-2-3-4-5-6-18-12-7-9(14)10(15)8-11(12)17-13(18)16/h7-8H,2-6H2,1H3,(H2,16,17). The summed E-state index contributed by atoms with van der Waals surface area (Å²) < 4.78 is 15.8. The zero-order valence-electron chi connectivity index (χ0n) is 10.4. The number of unbranched alkanes of at least 4 members (excludes halogenated alkanes) is 3. The van der Waals surface area contributed by atoms with E-state index in [1.165, 1.54) is 25.3 Å². The van der Waals surface area contributed by atoms with Crippen molar-refractivity contribution < 1.29 is 4.39 Å². The number of anilines is 1. The van der Waals surface area contributed by atoms with Crippen LogP contribution >= 0.6 is 15.9 Å². The van der Waals surface area contributed by atoms with Crippen LogP contribution in [0.25, 0.3) is 11.0 Å². The summed E-state index contributed by atoms with van der Waals surface area (Å²) in [6.45, 7) is 3.02. The van der Waals surface area contributed by atoms with E-state index >= 15 is 0 Å². The van der Waals surface area contributed by atoms with E-state index in [2.05, 4.69) is 27.8 Å². The molecule has 0 saturated carbocycles. The number of nitrogens with zero attached hydrogens (tertiary/aromatic N) is 2. The fourth-order valence-corrected chi connectivity index (χ4v) is 2.40. The Bertz CT molecular complexity index is 551. The minimum absolute atomic E-state index is 0.307. The number of imidazole rings is 1. The number of halogens is 2. The Labute approximate surface area is 114 Å². The zero-order chi connectivity index (χ0) is 13.1. The molecule has 0 fully saturated rings. The lowest BCUT2D eigenvalue weighted by molar-refractivity contribution is 0.595. The molecule has 0 aliphatic carbocycles. The van der Waals surface area contributed by atoms with Crippen LogP contribution in [0.5, 0.6) is 0 Å². The summed E-state index contributed by atoms with van der Waals surface area (Å²) in [5, 5.41) is 0. The van der Waals surface area contributed by atoms with Crippen LogP contribution in [0.1, 0.15) is 32.6 Å². The van der Waals surface area contributed by atoms with Crippen LogP contribution in [0.15, 0.2) is 16.6 Å². The maximum Gasteiger partial charge on any atom is 0.201 e. The van der Waals surface area contributed by atoms with Gasteiger partial charge in [0.1, 0.15) is 5.82 Å². The van der Waals surface area contributed by atoms with E-state index in [-0.39, 0.29) is 5.82 Å². The second-order valence-corrected chi connectivity index (χ2v) is 5.29. The lowest BCUT2D eigenvalue weighted by Gasteiger charge is -2.06. The van der Waals surface area contributed by atoms with Gasteiger partial charge in [0.2, 0.25) is 5.95 Å². The Morgan fingerprint density at radius 1 is 1.33 bits per heavy atom. The Kier molecular flexibility index (Phi) is 4.22. The van der Waals surface area contributed by atoms with Gasteiger partial charge in [0.25, 0.3) is 0 Å². The van der Waals surface area contributed by atoms with Gasteiger partial charge in [-0.3, -0.25) is 0 Å². The van der Waals surface area contributed by atoms with Crippen LogP contribution in [-0.2, 0) is 6.54 Å². The highest BCUT2D eigenvalue weighted by atomic mass is 79.9. The number of fused-ring (bicyclic) bond motifs is 1. The first kappa shape index (κ1) is 13.3. The van der Waals surface area contributed by atoms with Gasteiger partial charge in [-0.2, -0.15) is 0 Å². The molecule has 0 radical (unpaired) electrons. The Morgan fingerprint density at radius 3 is 2.83 bits per heavy atom. The number of hydrogen-bond donors (Lipinski definition) is 1. The Hall–Kier alpha value is -1.10. The summed E-state index contributed by atoms with van der Waals surface area (Å²) in [6, 6.07) is 3.16. The van der Waals surface area contributed by atoms with E-state index < -0.39 is 0 Å². The SMILES string of the molecule is CCCCCCn1c(N)nc2cc(F)c(Br)cc21. The van der Waals surface area contributed by atoms with Gasteiger partial charge >= 0.3 is 0 Å². The topological polar surface area (TPSA) is 43.8 Å². The normalized spacial score (nSPS) is 11.3. The third kappa shape index (κ3) is 2.66. The number of hydrogen-bond acceptors (Lipinski definition) is 2.